The zero-order valence-corrected chi connectivity index (χ0v) is 14.6. The SMILES string of the molecule is C=CCNC(=S)N/N=C/c1ccc(-c2ccc(C(=O)OCC)cc2)o1. The highest BCUT2D eigenvalue weighted by molar-refractivity contribution is 7.80. The van der Waals surface area contributed by atoms with Gasteiger partial charge in [-0.1, -0.05) is 18.2 Å². The van der Waals surface area contributed by atoms with Gasteiger partial charge in [0.1, 0.15) is 11.5 Å². The summed E-state index contributed by atoms with van der Waals surface area (Å²) in [5, 5.41) is 7.28. The lowest BCUT2D eigenvalue weighted by molar-refractivity contribution is 0.0526. The number of rotatable bonds is 7. The third kappa shape index (κ3) is 5.58. The molecule has 130 valence electrons. The van der Waals surface area contributed by atoms with Crippen LogP contribution < -0.4 is 10.7 Å². The van der Waals surface area contributed by atoms with Crippen molar-refractivity contribution in [3.05, 3.63) is 60.4 Å². The van der Waals surface area contributed by atoms with Crippen LogP contribution in [0.15, 0.2) is 58.6 Å². The first-order chi connectivity index (χ1) is 12.1. The van der Waals surface area contributed by atoms with Crippen molar-refractivity contribution >= 4 is 29.5 Å². The molecule has 2 N–H and O–H groups in total. The summed E-state index contributed by atoms with van der Waals surface area (Å²) in [6.07, 6.45) is 3.22. The van der Waals surface area contributed by atoms with E-state index in [0.29, 0.717) is 35.3 Å². The van der Waals surface area contributed by atoms with Crippen molar-refractivity contribution in [2.75, 3.05) is 13.2 Å². The number of furan rings is 1. The molecule has 0 saturated heterocycles. The van der Waals surface area contributed by atoms with Gasteiger partial charge in [0.25, 0.3) is 0 Å². The Morgan fingerprint density at radius 2 is 2.08 bits per heavy atom. The van der Waals surface area contributed by atoms with E-state index in [4.69, 9.17) is 21.4 Å². The van der Waals surface area contributed by atoms with Crippen molar-refractivity contribution in [2.45, 2.75) is 6.92 Å². The lowest BCUT2D eigenvalue weighted by Gasteiger charge is -2.03. The number of thiocarbonyl (C=S) groups is 1. The summed E-state index contributed by atoms with van der Waals surface area (Å²) in [4.78, 5) is 11.6. The molecular formula is C18H19N3O3S. The number of nitrogens with zero attached hydrogens (tertiary/aromatic N) is 1. The minimum Gasteiger partial charge on any atom is -0.462 e. The Balaban J connectivity index is 1.97. The topological polar surface area (TPSA) is 75.9 Å². The molecule has 0 bridgehead atoms. The van der Waals surface area contributed by atoms with Crippen LogP contribution in [0.1, 0.15) is 23.0 Å². The van der Waals surface area contributed by atoms with Crippen LogP contribution in [0.3, 0.4) is 0 Å². The van der Waals surface area contributed by atoms with Crippen LogP contribution in [0, 0.1) is 0 Å². The highest BCUT2D eigenvalue weighted by Gasteiger charge is 2.08. The molecule has 0 radical (unpaired) electrons. The predicted molar refractivity (Wildman–Crippen MR) is 102 cm³/mol. The molecule has 2 aromatic rings. The third-order valence-electron chi connectivity index (χ3n) is 3.07. The van der Waals surface area contributed by atoms with Crippen molar-refractivity contribution in [1.29, 1.82) is 0 Å². The van der Waals surface area contributed by atoms with Crippen LogP contribution in [0.25, 0.3) is 11.3 Å². The molecule has 0 aliphatic rings. The Labute approximate surface area is 151 Å². The normalized spacial score (nSPS) is 10.4. The molecule has 1 heterocycles. The van der Waals surface area contributed by atoms with Gasteiger partial charge in [0.15, 0.2) is 5.11 Å². The van der Waals surface area contributed by atoms with Gasteiger partial charge in [-0.2, -0.15) is 5.10 Å². The molecule has 0 atom stereocenters. The van der Waals surface area contributed by atoms with Crippen molar-refractivity contribution < 1.29 is 13.9 Å². The first-order valence-corrected chi connectivity index (χ1v) is 8.10. The Morgan fingerprint density at radius 3 is 2.76 bits per heavy atom. The lowest BCUT2D eigenvalue weighted by atomic mass is 10.1. The Bertz CT molecular complexity index is 766. The fraction of sp³-hybridized carbons (Fsp3) is 0.167. The van der Waals surface area contributed by atoms with Gasteiger partial charge in [-0.3, -0.25) is 5.43 Å². The molecule has 0 aliphatic carbocycles. The molecule has 0 spiro atoms. The number of carbonyl (C=O) groups excluding carboxylic acids is 1. The standard InChI is InChI=1S/C18H19N3O3S/c1-3-11-19-18(25)21-20-12-15-9-10-16(24-15)13-5-7-14(8-6-13)17(22)23-4-2/h3,5-10,12H,1,4,11H2,2H3,(H2,19,21,25)/b20-12+. The van der Waals surface area contributed by atoms with Crippen molar-refractivity contribution in [3.63, 3.8) is 0 Å². The zero-order chi connectivity index (χ0) is 18.1. The van der Waals surface area contributed by atoms with Crippen LogP contribution in [0.4, 0.5) is 0 Å². The van der Waals surface area contributed by atoms with E-state index in [2.05, 4.69) is 22.4 Å². The van der Waals surface area contributed by atoms with Crippen molar-refractivity contribution in [3.8, 4) is 11.3 Å². The van der Waals surface area contributed by atoms with Crippen LogP contribution in [-0.4, -0.2) is 30.4 Å². The third-order valence-corrected chi connectivity index (χ3v) is 3.31. The number of hydrogen-bond acceptors (Lipinski definition) is 5. The lowest BCUT2D eigenvalue weighted by Crippen LogP contribution is -2.31. The molecule has 6 nitrogen and oxygen atoms in total. The minimum absolute atomic E-state index is 0.339. The number of benzene rings is 1. The number of hydrazone groups is 1. The average molecular weight is 357 g/mol. The molecule has 0 fully saturated rings. The maximum atomic E-state index is 11.6. The second-order valence-corrected chi connectivity index (χ2v) is 5.28. The van der Waals surface area contributed by atoms with Crippen molar-refractivity contribution in [1.82, 2.24) is 10.7 Å². The number of esters is 1. The summed E-state index contributed by atoms with van der Waals surface area (Å²) in [5.41, 5.74) is 4.03. The number of carbonyl (C=O) groups is 1. The molecule has 1 aromatic carbocycles. The Kier molecular flexibility index (Phi) is 6.91. The van der Waals surface area contributed by atoms with E-state index in [-0.39, 0.29) is 5.97 Å². The maximum absolute atomic E-state index is 11.6. The zero-order valence-electron chi connectivity index (χ0n) is 13.8. The molecule has 1 aromatic heterocycles. The van der Waals surface area contributed by atoms with Gasteiger partial charge in [-0.25, -0.2) is 4.79 Å². The molecule has 25 heavy (non-hydrogen) atoms. The van der Waals surface area contributed by atoms with E-state index < -0.39 is 0 Å². The summed E-state index contributed by atoms with van der Waals surface area (Å²) in [5.74, 6) is 0.904. The molecular weight excluding hydrogens is 338 g/mol. The number of ether oxygens (including phenoxy) is 1. The predicted octanol–water partition coefficient (Wildman–Crippen LogP) is 3.11. The van der Waals surface area contributed by atoms with Gasteiger partial charge in [-0.05, 0) is 43.4 Å². The summed E-state index contributed by atoms with van der Waals surface area (Å²) in [6, 6.07) is 10.6. The van der Waals surface area contributed by atoms with E-state index in [9.17, 15) is 4.79 Å². The van der Waals surface area contributed by atoms with Gasteiger partial charge in [0.2, 0.25) is 0 Å². The first kappa shape index (κ1) is 18.4. The van der Waals surface area contributed by atoms with Crippen LogP contribution >= 0.6 is 12.2 Å². The van der Waals surface area contributed by atoms with Gasteiger partial charge in [-0.15, -0.1) is 6.58 Å². The smallest absolute Gasteiger partial charge is 0.338 e. The summed E-state index contributed by atoms with van der Waals surface area (Å²) in [7, 11) is 0. The van der Waals surface area contributed by atoms with E-state index in [1.807, 2.05) is 6.07 Å². The monoisotopic (exact) mass is 357 g/mol. The molecule has 0 unspecified atom stereocenters. The van der Waals surface area contributed by atoms with Crippen LogP contribution in [0.2, 0.25) is 0 Å². The Morgan fingerprint density at radius 1 is 1.32 bits per heavy atom. The first-order valence-electron chi connectivity index (χ1n) is 7.69. The highest BCUT2D eigenvalue weighted by Crippen LogP contribution is 2.22. The van der Waals surface area contributed by atoms with Crippen molar-refractivity contribution in [2.24, 2.45) is 5.10 Å². The molecule has 0 aliphatic heterocycles. The summed E-state index contributed by atoms with van der Waals surface area (Å²) < 4.78 is 10.7. The number of hydrogen-bond donors (Lipinski definition) is 2. The summed E-state index contributed by atoms with van der Waals surface area (Å²) >= 11 is 5.02. The second kappa shape index (κ2) is 9.39. The van der Waals surface area contributed by atoms with Gasteiger partial charge >= 0.3 is 5.97 Å². The quantitative estimate of drug-likeness (QED) is 0.261. The molecule has 7 heteroatoms. The van der Waals surface area contributed by atoms with Gasteiger partial charge in [0, 0.05) is 12.1 Å². The van der Waals surface area contributed by atoms with Gasteiger partial charge in [0.05, 0.1) is 18.4 Å². The second-order valence-electron chi connectivity index (χ2n) is 4.87. The van der Waals surface area contributed by atoms with E-state index >= 15 is 0 Å². The average Bonchev–Trinajstić information content (AvgIpc) is 3.09. The molecule has 2 rings (SSSR count). The molecule has 0 saturated carbocycles. The van der Waals surface area contributed by atoms with Crippen LogP contribution in [0.5, 0.6) is 0 Å². The minimum atomic E-state index is -0.339. The van der Waals surface area contributed by atoms with Gasteiger partial charge < -0.3 is 14.5 Å². The highest BCUT2D eigenvalue weighted by atomic mass is 32.1. The van der Waals surface area contributed by atoms with E-state index in [1.165, 1.54) is 6.21 Å². The fourth-order valence-electron chi connectivity index (χ4n) is 1.92. The molecule has 0 amide bonds. The van der Waals surface area contributed by atoms with E-state index in [1.54, 1.807) is 43.3 Å². The largest absolute Gasteiger partial charge is 0.462 e. The number of nitrogens with one attached hydrogen (secondary N) is 2. The summed E-state index contributed by atoms with van der Waals surface area (Å²) in [6.45, 7) is 6.27. The fourth-order valence-corrected chi connectivity index (χ4v) is 2.06. The maximum Gasteiger partial charge on any atom is 0.338 e. The Hall–Kier alpha value is -2.93. The van der Waals surface area contributed by atoms with Crippen LogP contribution in [-0.2, 0) is 4.74 Å². The van der Waals surface area contributed by atoms with E-state index in [0.717, 1.165) is 5.56 Å².